The molecule has 9 nitrogen and oxygen atoms in total. The average Bonchev–Trinajstić information content (AvgIpc) is 2.72. The lowest BCUT2D eigenvalue weighted by molar-refractivity contribution is -0.764. The van der Waals surface area contributed by atoms with E-state index in [0.29, 0.717) is 0 Å². The molecule has 1 aromatic rings. The van der Waals surface area contributed by atoms with Crippen molar-refractivity contribution in [3.05, 3.63) is 30.1 Å². The summed E-state index contributed by atoms with van der Waals surface area (Å²) in [7, 11) is -4.76. The molecule has 1 aromatic heterocycles. The highest BCUT2D eigenvalue weighted by molar-refractivity contribution is 7.46. The number of alkyl halides is 1. The van der Waals surface area contributed by atoms with E-state index in [9.17, 15) is 18.9 Å². The first kappa shape index (κ1) is 16.9. The lowest BCUT2D eigenvalue weighted by atomic mass is 10.1. The molecular weight excluding hydrogens is 322 g/mol. The topological polar surface area (TPSA) is 143 Å². The van der Waals surface area contributed by atoms with Crippen LogP contribution in [0.4, 0.5) is 4.39 Å². The van der Waals surface area contributed by atoms with Crippen LogP contribution in [0.1, 0.15) is 16.6 Å². The van der Waals surface area contributed by atoms with Crippen molar-refractivity contribution in [2.75, 3.05) is 6.61 Å². The van der Waals surface area contributed by atoms with Crippen LogP contribution in [-0.4, -0.2) is 45.8 Å². The molecule has 0 radical (unpaired) electrons. The van der Waals surface area contributed by atoms with Gasteiger partial charge < -0.3 is 25.4 Å². The predicted molar refractivity (Wildman–Crippen MR) is 68.0 cm³/mol. The van der Waals surface area contributed by atoms with Crippen LogP contribution in [0.25, 0.3) is 0 Å². The summed E-state index contributed by atoms with van der Waals surface area (Å²) < 4.78 is 35.4. The molecule has 2 unspecified atom stereocenters. The van der Waals surface area contributed by atoms with Gasteiger partial charge in [-0.15, -0.1) is 0 Å². The molecule has 4 atom stereocenters. The summed E-state index contributed by atoms with van der Waals surface area (Å²) in [5.74, 6) is -0.718. The molecule has 5 N–H and O–H groups in total. The zero-order chi connectivity index (χ0) is 16.5. The third-order valence-corrected chi connectivity index (χ3v) is 3.59. The van der Waals surface area contributed by atoms with Crippen LogP contribution in [0.5, 0.6) is 0 Å². The Hall–Kier alpha value is -1.42. The molecule has 1 aliphatic rings. The third-order valence-electron chi connectivity index (χ3n) is 3.10. The van der Waals surface area contributed by atoms with Crippen LogP contribution >= 0.6 is 7.82 Å². The zero-order valence-corrected chi connectivity index (χ0v) is 12.0. The first-order valence-electron chi connectivity index (χ1n) is 6.17. The number of phosphoric ester groups is 1. The number of rotatable bonds is 5. The first-order chi connectivity index (χ1) is 10.2. The molecule has 0 saturated carbocycles. The number of ether oxygens (including phenoxy) is 1. The second-order valence-electron chi connectivity index (χ2n) is 4.69. The van der Waals surface area contributed by atoms with Crippen molar-refractivity contribution in [3.8, 4) is 0 Å². The number of carbonyl (C=O) groups excluding carboxylic acids is 1. The summed E-state index contributed by atoms with van der Waals surface area (Å²) in [5.41, 5.74) is 5.24. The number of halogens is 1. The Labute approximate surface area is 124 Å². The number of nitrogens with zero attached hydrogens (tertiary/aromatic N) is 1. The average molecular weight is 337 g/mol. The number of aromatic nitrogens is 1. The van der Waals surface area contributed by atoms with Crippen LogP contribution in [-0.2, 0) is 13.8 Å². The quantitative estimate of drug-likeness (QED) is 0.389. The van der Waals surface area contributed by atoms with Gasteiger partial charge in [-0.05, 0) is 6.07 Å². The molecule has 1 amide bonds. The summed E-state index contributed by atoms with van der Waals surface area (Å²) in [4.78, 5) is 28.3. The number of aliphatic hydroxyl groups is 1. The van der Waals surface area contributed by atoms with Crippen molar-refractivity contribution in [3.63, 3.8) is 0 Å². The minimum Gasteiger partial charge on any atom is -0.387 e. The number of aliphatic hydroxyl groups excluding tert-OH is 1. The van der Waals surface area contributed by atoms with E-state index in [1.54, 1.807) is 0 Å². The fourth-order valence-electron chi connectivity index (χ4n) is 2.05. The monoisotopic (exact) mass is 337 g/mol. The molecule has 2 heterocycles. The highest BCUT2D eigenvalue weighted by Gasteiger charge is 2.50. The number of phosphoric acid groups is 1. The fraction of sp³-hybridized carbons (Fsp3) is 0.455. The molecule has 0 bridgehead atoms. The van der Waals surface area contributed by atoms with Gasteiger partial charge >= 0.3 is 7.82 Å². The Bertz CT molecular complexity index is 610. The second-order valence-corrected chi connectivity index (χ2v) is 5.93. The lowest BCUT2D eigenvalue weighted by Gasteiger charge is -2.13. The summed E-state index contributed by atoms with van der Waals surface area (Å²) in [5, 5.41) is 9.73. The van der Waals surface area contributed by atoms with Gasteiger partial charge in [0.1, 0.15) is 17.8 Å². The van der Waals surface area contributed by atoms with Crippen LogP contribution in [0.3, 0.4) is 0 Å². The van der Waals surface area contributed by atoms with Crippen LogP contribution in [0, 0.1) is 0 Å². The minimum atomic E-state index is -4.76. The van der Waals surface area contributed by atoms with E-state index >= 15 is 0 Å². The largest absolute Gasteiger partial charge is 0.469 e. The van der Waals surface area contributed by atoms with Gasteiger partial charge in [0.05, 0.1) is 6.61 Å². The van der Waals surface area contributed by atoms with E-state index in [2.05, 4.69) is 4.52 Å². The van der Waals surface area contributed by atoms with Gasteiger partial charge in [0.2, 0.25) is 6.17 Å². The second kappa shape index (κ2) is 6.37. The molecule has 11 heteroatoms. The Morgan fingerprint density at radius 2 is 2.23 bits per heavy atom. The number of nitrogens with two attached hydrogens (primary N) is 1. The molecule has 2 rings (SSSR count). The summed E-state index contributed by atoms with van der Waals surface area (Å²) >= 11 is 0. The molecule has 0 spiro atoms. The maximum absolute atomic E-state index is 14.1. The van der Waals surface area contributed by atoms with Gasteiger partial charge in [0, 0.05) is 6.07 Å². The summed E-state index contributed by atoms with van der Waals surface area (Å²) in [6, 6.07) is 2.87. The van der Waals surface area contributed by atoms with E-state index in [1.807, 2.05) is 0 Å². The van der Waals surface area contributed by atoms with Gasteiger partial charge in [-0.2, -0.15) is 4.57 Å². The Morgan fingerprint density at radius 3 is 2.82 bits per heavy atom. The zero-order valence-electron chi connectivity index (χ0n) is 11.2. The SMILES string of the molecule is NC(=O)c1ccc[n+](C2OC(COP(=O)(O)O)[C@@H](O)[C@@H]2F)c1. The van der Waals surface area contributed by atoms with Gasteiger partial charge in [-0.25, -0.2) is 8.96 Å². The van der Waals surface area contributed by atoms with Crippen LogP contribution < -0.4 is 10.3 Å². The van der Waals surface area contributed by atoms with Crippen molar-refractivity contribution < 1.29 is 42.5 Å². The number of primary amides is 1. The Morgan fingerprint density at radius 1 is 1.55 bits per heavy atom. The maximum Gasteiger partial charge on any atom is 0.469 e. The van der Waals surface area contributed by atoms with Crippen molar-refractivity contribution in [1.29, 1.82) is 0 Å². The maximum atomic E-state index is 14.1. The number of pyridine rings is 1. The molecule has 1 aliphatic heterocycles. The highest BCUT2D eigenvalue weighted by Crippen LogP contribution is 2.38. The third kappa shape index (κ3) is 3.86. The van der Waals surface area contributed by atoms with Crippen molar-refractivity contribution in [2.24, 2.45) is 5.73 Å². The molecule has 1 saturated heterocycles. The van der Waals surface area contributed by atoms with Gasteiger partial charge in [-0.1, -0.05) is 0 Å². The first-order valence-corrected chi connectivity index (χ1v) is 7.70. The molecule has 1 fully saturated rings. The van der Waals surface area contributed by atoms with Crippen molar-refractivity contribution in [2.45, 2.75) is 24.6 Å². The van der Waals surface area contributed by atoms with Crippen molar-refractivity contribution in [1.82, 2.24) is 0 Å². The van der Waals surface area contributed by atoms with E-state index in [0.717, 1.165) is 0 Å². The van der Waals surface area contributed by atoms with E-state index < -0.39 is 44.9 Å². The number of amides is 1. The predicted octanol–water partition coefficient (Wildman–Crippen LogP) is -1.22. The van der Waals surface area contributed by atoms with Gasteiger partial charge in [0.25, 0.3) is 12.1 Å². The molecule has 0 aliphatic carbocycles. The molecule has 22 heavy (non-hydrogen) atoms. The number of carbonyl (C=O) groups is 1. The highest BCUT2D eigenvalue weighted by atomic mass is 31.2. The lowest BCUT2D eigenvalue weighted by Crippen LogP contribution is -2.45. The van der Waals surface area contributed by atoms with E-state index in [1.165, 1.54) is 29.1 Å². The number of hydrogen-bond acceptors (Lipinski definition) is 5. The van der Waals surface area contributed by atoms with Gasteiger partial charge in [0.15, 0.2) is 12.4 Å². The normalized spacial score (nSPS) is 28.7. The fourth-order valence-corrected chi connectivity index (χ4v) is 2.39. The van der Waals surface area contributed by atoms with Crippen LogP contribution in [0.15, 0.2) is 24.5 Å². The summed E-state index contributed by atoms with van der Waals surface area (Å²) in [6.07, 6.45) is -3.40. The molecular formula is C11H15FN2O7P+. The minimum absolute atomic E-state index is 0.114. The van der Waals surface area contributed by atoms with E-state index in [4.69, 9.17) is 20.3 Å². The van der Waals surface area contributed by atoms with Gasteiger partial charge in [-0.3, -0.25) is 9.32 Å². The van der Waals surface area contributed by atoms with Crippen molar-refractivity contribution >= 4 is 13.7 Å². The summed E-state index contributed by atoms with van der Waals surface area (Å²) in [6.45, 7) is -0.682. The Balaban J connectivity index is 2.14. The molecule has 122 valence electrons. The van der Waals surface area contributed by atoms with Crippen LogP contribution in [0.2, 0.25) is 0 Å². The smallest absolute Gasteiger partial charge is 0.387 e. The molecule has 0 aromatic carbocycles. The Kier molecular flexibility index (Phi) is 4.90. The number of hydrogen-bond donors (Lipinski definition) is 4. The standard InChI is InChI=1S/C11H14FN2O7P/c12-8-9(15)7(5-20-22(17,18)19)21-11(8)14-3-1-2-6(4-14)10(13)16/h1-4,7-9,11,15H,5H2,(H3-,13,16,17,18,19)/p+1/t7?,8-,9+,11?/m0/s1. The van der Waals surface area contributed by atoms with E-state index in [-0.39, 0.29) is 5.56 Å².